The van der Waals surface area contributed by atoms with Crippen molar-refractivity contribution in [3.05, 3.63) is 94.5 Å². The van der Waals surface area contributed by atoms with Gasteiger partial charge in [0.1, 0.15) is 6.29 Å². The number of amides is 2. The van der Waals surface area contributed by atoms with Gasteiger partial charge in [0.25, 0.3) is 5.91 Å². The van der Waals surface area contributed by atoms with Crippen molar-refractivity contribution in [2.45, 2.75) is 6.92 Å². The maximum atomic E-state index is 12.6. The van der Waals surface area contributed by atoms with Crippen molar-refractivity contribution in [1.29, 1.82) is 0 Å². The molecular weight excluding hydrogens is 510 g/mol. The Bertz CT molecular complexity index is 1580. The third-order valence-corrected chi connectivity index (χ3v) is 6.74. The molecule has 3 aromatic carbocycles. The number of rotatable bonds is 9. The van der Waals surface area contributed by atoms with Gasteiger partial charge in [-0.3, -0.25) is 24.1 Å². The zero-order valence-corrected chi connectivity index (χ0v) is 21.9. The van der Waals surface area contributed by atoms with Crippen LogP contribution < -0.4 is 10.8 Å². The van der Waals surface area contributed by atoms with Gasteiger partial charge in [0.05, 0.1) is 30.1 Å². The number of piperazine rings is 1. The van der Waals surface area contributed by atoms with Crippen LogP contribution in [0.4, 0.5) is 5.69 Å². The van der Waals surface area contributed by atoms with E-state index in [1.165, 1.54) is 0 Å². The number of fused-ring (bicyclic) bond motifs is 1. The van der Waals surface area contributed by atoms with E-state index in [1.54, 1.807) is 30.3 Å². The minimum absolute atomic E-state index is 0.0180. The normalized spacial score (nSPS) is 14.2. The molecule has 1 aliphatic heterocycles. The van der Waals surface area contributed by atoms with E-state index in [0.29, 0.717) is 53.2 Å². The second-order valence-corrected chi connectivity index (χ2v) is 9.50. The minimum Gasteiger partial charge on any atom is -0.494 e. The van der Waals surface area contributed by atoms with E-state index >= 15 is 0 Å². The molecule has 0 aliphatic carbocycles. The number of carbonyl (C=O) groups excluding carboxylic acids is 3. The number of aromatic nitrogens is 1. The Morgan fingerprint density at radius 1 is 1.12 bits per heavy atom. The van der Waals surface area contributed by atoms with Crippen LogP contribution >= 0.6 is 0 Å². The Hall–Kier alpha value is -4.80. The fourth-order valence-corrected chi connectivity index (χ4v) is 4.63. The Morgan fingerprint density at radius 3 is 2.62 bits per heavy atom. The largest absolute Gasteiger partial charge is 0.494 e. The molecule has 0 unspecified atom stereocenters. The first-order chi connectivity index (χ1) is 19.4. The van der Waals surface area contributed by atoms with Crippen LogP contribution in [0.2, 0.25) is 0 Å². The first kappa shape index (κ1) is 26.8. The molecule has 2 amide bonds. The van der Waals surface area contributed by atoms with E-state index in [0.717, 1.165) is 29.3 Å². The van der Waals surface area contributed by atoms with Crippen LogP contribution in [0.15, 0.2) is 71.7 Å². The number of aliphatic imine (C=N–C) groups is 1. The quantitative estimate of drug-likeness (QED) is 0.112. The number of hydroxylamine groups is 1. The fourth-order valence-electron chi connectivity index (χ4n) is 4.63. The number of hydrogen-bond donors (Lipinski definition) is 4. The average Bonchev–Trinajstić information content (AvgIpc) is 3.28. The highest BCUT2D eigenvalue weighted by Crippen LogP contribution is 2.33. The summed E-state index contributed by atoms with van der Waals surface area (Å²) in [4.78, 5) is 50.5. The van der Waals surface area contributed by atoms with Gasteiger partial charge in [0.2, 0.25) is 5.91 Å². The second-order valence-electron chi connectivity index (χ2n) is 9.50. The summed E-state index contributed by atoms with van der Waals surface area (Å²) >= 11 is 0. The van der Waals surface area contributed by atoms with E-state index in [9.17, 15) is 19.5 Å². The number of aromatic amines is 1. The first-order valence-corrected chi connectivity index (χ1v) is 12.9. The number of nitrogens with one attached hydrogen (secondary N) is 3. The third-order valence-electron chi connectivity index (χ3n) is 6.74. The highest BCUT2D eigenvalue weighted by Gasteiger charge is 2.20. The van der Waals surface area contributed by atoms with Crippen LogP contribution in [-0.4, -0.2) is 71.6 Å². The Balaban J connectivity index is 1.35. The maximum absolute atomic E-state index is 12.6. The van der Waals surface area contributed by atoms with E-state index in [4.69, 9.17) is 9.83 Å². The van der Waals surface area contributed by atoms with Crippen molar-refractivity contribution >= 4 is 40.4 Å². The topological polar surface area (TPSA) is 136 Å². The number of H-pyrrole nitrogens is 1. The zero-order valence-electron chi connectivity index (χ0n) is 21.9. The van der Waals surface area contributed by atoms with Gasteiger partial charge in [0, 0.05) is 47.2 Å². The van der Waals surface area contributed by atoms with Crippen LogP contribution in [0.5, 0.6) is 5.88 Å². The number of aldehydes is 1. The number of benzene rings is 3. The van der Waals surface area contributed by atoms with Crippen molar-refractivity contribution in [2.75, 3.05) is 32.8 Å². The molecule has 0 bridgehead atoms. The lowest BCUT2D eigenvalue weighted by atomic mass is 9.98. The smallest absolute Gasteiger partial charge is 0.274 e. The number of nitrogens with zero attached hydrogens (tertiary/aromatic N) is 2. The SMILES string of the molecule is Cc1cc2c(C(=Nc3ccc(C(=O)NOCCN4CCNC(=O)C4)cc3)c3ccccc3)c(O)[nH]c2cc1C=O. The molecule has 10 nitrogen and oxygen atoms in total. The Kier molecular flexibility index (Phi) is 7.99. The monoisotopic (exact) mass is 539 g/mol. The summed E-state index contributed by atoms with van der Waals surface area (Å²) in [7, 11) is 0. The van der Waals surface area contributed by atoms with Crippen molar-refractivity contribution < 1.29 is 24.3 Å². The molecule has 0 radical (unpaired) electrons. The van der Waals surface area contributed by atoms with Gasteiger partial charge >= 0.3 is 0 Å². The van der Waals surface area contributed by atoms with Gasteiger partial charge in [-0.1, -0.05) is 30.3 Å². The second kappa shape index (κ2) is 11.9. The molecule has 0 spiro atoms. The van der Waals surface area contributed by atoms with E-state index in [-0.39, 0.29) is 18.4 Å². The van der Waals surface area contributed by atoms with Gasteiger partial charge in [-0.05, 0) is 48.9 Å². The standard InChI is InChI=1S/C30H29N5O5/c1-19-15-24-25(16-22(19)18-36)33-30(39)27(24)28(20-5-3-2-4-6-20)32-23-9-7-21(8-10-23)29(38)34-40-14-13-35-12-11-31-26(37)17-35/h2-10,15-16,18,33,39H,11-14,17H2,1H3,(H,31,37)(H,34,38). The Labute approximate surface area is 230 Å². The van der Waals surface area contributed by atoms with Crippen molar-refractivity contribution in [2.24, 2.45) is 4.99 Å². The lowest BCUT2D eigenvalue weighted by Crippen LogP contribution is -2.48. The molecule has 0 saturated carbocycles. The van der Waals surface area contributed by atoms with Crippen LogP contribution in [0.3, 0.4) is 0 Å². The molecule has 204 valence electrons. The molecule has 2 heterocycles. The lowest BCUT2D eigenvalue weighted by molar-refractivity contribution is -0.124. The van der Waals surface area contributed by atoms with Crippen molar-refractivity contribution in [3.8, 4) is 5.88 Å². The summed E-state index contributed by atoms with van der Waals surface area (Å²) in [5.41, 5.74) is 7.20. The van der Waals surface area contributed by atoms with Gasteiger partial charge < -0.3 is 15.4 Å². The molecule has 1 fully saturated rings. The van der Waals surface area contributed by atoms with Gasteiger partial charge in [-0.2, -0.15) is 0 Å². The van der Waals surface area contributed by atoms with Crippen molar-refractivity contribution in [1.82, 2.24) is 20.7 Å². The predicted molar refractivity (Wildman–Crippen MR) is 151 cm³/mol. The molecule has 1 aromatic heterocycles. The maximum Gasteiger partial charge on any atom is 0.274 e. The minimum atomic E-state index is -0.397. The molecule has 1 saturated heterocycles. The fraction of sp³-hybridized carbons (Fsp3) is 0.200. The lowest BCUT2D eigenvalue weighted by Gasteiger charge is -2.25. The molecule has 0 atom stereocenters. The summed E-state index contributed by atoms with van der Waals surface area (Å²) in [5, 5.41) is 14.4. The first-order valence-electron chi connectivity index (χ1n) is 12.9. The number of aryl methyl sites for hydroxylation is 1. The summed E-state index contributed by atoms with van der Waals surface area (Å²) in [6, 6.07) is 19.8. The molecular formula is C30H29N5O5. The zero-order chi connectivity index (χ0) is 28.1. The van der Waals surface area contributed by atoms with E-state index in [2.05, 4.69) is 15.8 Å². The van der Waals surface area contributed by atoms with Gasteiger partial charge in [0.15, 0.2) is 5.88 Å². The van der Waals surface area contributed by atoms with E-state index < -0.39 is 5.91 Å². The molecule has 4 aromatic rings. The third kappa shape index (κ3) is 5.93. The van der Waals surface area contributed by atoms with Crippen LogP contribution in [0.1, 0.15) is 37.4 Å². The summed E-state index contributed by atoms with van der Waals surface area (Å²) < 4.78 is 0. The average molecular weight is 540 g/mol. The Morgan fingerprint density at radius 2 is 1.90 bits per heavy atom. The van der Waals surface area contributed by atoms with Crippen molar-refractivity contribution in [3.63, 3.8) is 0 Å². The molecule has 40 heavy (non-hydrogen) atoms. The molecule has 4 N–H and O–H groups in total. The highest BCUT2D eigenvalue weighted by atomic mass is 16.7. The van der Waals surface area contributed by atoms with Gasteiger partial charge in [-0.15, -0.1) is 0 Å². The molecule has 5 rings (SSSR count). The van der Waals surface area contributed by atoms with E-state index in [1.807, 2.05) is 48.2 Å². The summed E-state index contributed by atoms with van der Waals surface area (Å²) in [5.74, 6) is -0.472. The predicted octanol–water partition coefficient (Wildman–Crippen LogP) is 3.26. The summed E-state index contributed by atoms with van der Waals surface area (Å²) in [6.07, 6.45) is 0.788. The number of aromatic hydroxyl groups is 1. The van der Waals surface area contributed by atoms with Crippen LogP contribution in [-0.2, 0) is 9.63 Å². The van der Waals surface area contributed by atoms with Gasteiger partial charge in [-0.25, -0.2) is 10.5 Å². The number of hydrogen-bond acceptors (Lipinski definition) is 7. The number of carbonyl (C=O) groups is 3. The highest BCUT2D eigenvalue weighted by molar-refractivity contribution is 6.22. The van der Waals surface area contributed by atoms with Crippen LogP contribution in [0.25, 0.3) is 10.9 Å². The molecule has 1 aliphatic rings. The molecule has 10 heteroatoms. The van der Waals surface area contributed by atoms with Crippen LogP contribution in [0, 0.1) is 6.92 Å². The summed E-state index contributed by atoms with van der Waals surface area (Å²) in [6.45, 7) is 4.29.